The molecule has 11 rings (SSSR count). The van der Waals surface area contributed by atoms with Gasteiger partial charge in [-0.25, -0.2) is 0 Å². The number of hydrogen-bond donors (Lipinski definition) is 0. The van der Waals surface area contributed by atoms with E-state index >= 15 is 0 Å². The molecule has 4 aliphatic rings. The summed E-state index contributed by atoms with van der Waals surface area (Å²) < 4.78 is 0. The van der Waals surface area contributed by atoms with E-state index in [2.05, 4.69) is 195 Å². The normalized spacial score (nSPS) is 16.1. The molecule has 0 saturated heterocycles. The molecular weight excluding hydrogens is 639 g/mol. The molecule has 1 heteroatoms. The topological polar surface area (TPSA) is 3.24 Å². The zero-order chi connectivity index (χ0) is 35.3. The molecule has 0 unspecified atom stereocenters. The predicted molar refractivity (Wildman–Crippen MR) is 221 cm³/mol. The molecule has 0 radical (unpaired) electrons. The van der Waals surface area contributed by atoms with Crippen LogP contribution >= 0.6 is 0 Å². The summed E-state index contributed by atoms with van der Waals surface area (Å²) in [4.78, 5) is 2.52. The molecule has 0 amide bonds. The van der Waals surface area contributed by atoms with Crippen molar-refractivity contribution >= 4 is 22.6 Å². The highest BCUT2D eigenvalue weighted by Gasteiger charge is 2.51. The van der Waals surface area contributed by atoms with Gasteiger partial charge in [0.25, 0.3) is 0 Å². The van der Waals surface area contributed by atoms with Gasteiger partial charge in [-0.05, 0) is 116 Å². The minimum atomic E-state index is -0.408. The Morgan fingerprint density at radius 1 is 0.453 bits per heavy atom. The lowest BCUT2D eigenvalue weighted by Crippen LogP contribution is -2.26. The molecular formula is C52H39N. The molecule has 4 aliphatic carbocycles. The van der Waals surface area contributed by atoms with E-state index in [1.807, 2.05) is 0 Å². The number of hydrogen-bond acceptors (Lipinski definition) is 1. The number of anilines is 3. The molecule has 0 N–H and O–H groups in total. The van der Waals surface area contributed by atoms with Crippen molar-refractivity contribution in [1.82, 2.24) is 0 Å². The fourth-order valence-electron chi connectivity index (χ4n) is 10.3. The smallest absolute Gasteiger partial charge is 0.0726 e. The molecule has 7 aromatic rings. The van der Waals surface area contributed by atoms with Gasteiger partial charge in [-0.1, -0.05) is 159 Å². The third-order valence-corrected chi connectivity index (χ3v) is 12.6. The lowest BCUT2D eigenvalue weighted by atomic mass is 9.70. The van der Waals surface area contributed by atoms with Crippen LogP contribution in [-0.2, 0) is 10.8 Å². The number of fused-ring (bicyclic) bond motifs is 12. The van der Waals surface area contributed by atoms with Crippen molar-refractivity contribution in [3.63, 3.8) is 0 Å². The Labute approximate surface area is 312 Å². The van der Waals surface area contributed by atoms with Crippen LogP contribution in [-0.4, -0.2) is 0 Å². The molecule has 7 aromatic carbocycles. The van der Waals surface area contributed by atoms with Gasteiger partial charge in [0.1, 0.15) is 0 Å². The summed E-state index contributed by atoms with van der Waals surface area (Å²) in [6, 6.07) is 61.5. The van der Waals surface area contributed by atoms with Crippen LogP contribution in [0.5, 0.6) is 0 Å². The van der Waals surface area contributed by atoms with Crippen LogP contribution in [0.25, 0.3) is 39.0 Å². The van der Waals surface area contributed by atoms with Crippen molar-refractivity contribution in [3.05, 3.63) is 215 Å². The second-order valence-corrected chi connectivity index (χ2v) is 15.5. The van der Waals surface area contributed by atoms with Gasteiger partial charge in [0, 0.05) is 22.4 Å². The lowest BCUT2D eigenvalue weighted by Gasteiger charge is -2.33. The highest BCUT2D eigenvalue weighted by molar-refractivity contribution is 5.97. The van der Waals surface area contributed by atoms with E-state index in [9.17, 15) is 0 Å². The van der Waals surface area contributed by atoms with E-state index in [4.69, 9.17) is 0 Å². The van der Waals surface area contributed by atoms with Gasteiger partial charge in [-0.15, -0.1) is 0 Å². The monoisotopic (exact) mass is 677 g/mol. The number of para-hydroxylation sites is 1. The Morgan fingerprint density at radius 2 is 0.962 bits per heavy atom. The van der Waals surface area contributed by atoms with Crippen molar-refractivity contribution in [2.45, 2.75) is 37.5 Å². The van der Waals surface area contributed by atoms with Crippen LogP contribution in [0.1, 0.15) is 60.1 Å². The lowest BCUT2D eigenvalue weighted by molar-refractivity contribution is 0.651. The van der Waals surface area contributed by atoms with Gasteiger partial charge in [-0.3, -0.25) is 0 Å². The molecule has 0 atom stereocenters. The zero-order valence-electron chi connectivity index (χ0n) is 30.1. The van der Waals surface area contributed by atoms with E-state index in [-0.39, 0.29) is 5.41 Å². The summed E-state index contributed by atoms with van der Waals surface area (Å²) in [6.45, 7) is 4.81. The van der Waals surface area contributed by atoms with Crippen molar-refractivity contribution < 1.29 is 0 Å². The van der Waals surface area contributed by atoms with Gasteiger partial charge in [-0.2, -0.15) is 0 Å². The number of allylic oxidation sites excluding steroid dienone is 4. The Bertz CT molecular complexity index is 2640. The maximum Gasteiger partial charge on any atom is 0.0726 e. The standard InChI is InChI=1S/C52H39N/c1-51(2)44-23-11-6-19-38(44)42-30-28-35(32-48(42)51)53(50-27-15-10-18-37(50)34-16-4-3-5-17-34)36-29-31-43-41-22-9-14-26-47(41)52(49(43)33-36)45-24-12-7-20-39(45)40-21-8-13-25-46(40)52/h3-5,7-18,20-33H,6,19H2,1-2H3. The van der Waals surface area contributed by atoms with Crippen LogP contribution in [0.2, 0.25) is 0 Å². The van der Waals surface area contributed by atoms with Crippen molar-refractivity contribution in [1.29, 1.82) is 0 Å². The van der Waals surface area contributed by atoms with Crippen LogP contribution in [0.3, 0.4) is 0 Å². The Morgan fingerprint density at radius 3 is 1.60 bits per heavy atom. The van der Waals surface area contributed by atoms with Crippen LogP contribution in [0, 0.1) is 0 Å². The average molecular weight is 678 g/mol. The molecule has 53 heavy (non-hydrogen) atoms. The molecule has 0 heterocycles. The molecule has 0 aromatic heterocycles. The van der Waals surface area contributed by atoms with E-state index in [1.54, 1.807) is 0 Å². The third kappa shape index (κ3) is 4.08. The van der Waals surface area contributed by atoms with Crippen LogP contribution < -0.4 is 4.90 Å². The van der Waals surface area contributed by atoms with E-state index in [1.165, 1.54) is 89.3 Å². The summed E-state index contributed by atoms with van der Waals surface area (Å²) in [5.74, 6) is 0. The summed E-state index contributed by atoms with van der Waals surface area (Å²) in [5, 5.41) is 0. The fourth-order valence-corrected chi connectivity index (χ4v) is 10.3. The van der Waals surface area contributed by atoms with Crippen LogP contribution in [0.15, 0.2) is 182 Å². The number of nitrogens with zero attached hydrogens (tertiary/aromatic N) is 1. The third-order valence-electron chi connectivity index (χ3n) is 12.6. The highest BCUT2D eigenvalue weighted by atomic mass is 15.1. The molecule has 0 saturated carbocycles. The summed E-state index contributed by atoms with van der Waals surface area (Å²) in [6.07, 6.45) is 6.96. The first-order valence-electron chi connectivity index (χ1n) is 19.0. The van der Waals surface area contributed by atoms with Gasteiger partial charge in [0.05, 0.1) is 11.1 Å². The first-order valence-corrected chi connectivity index (χ1v) is 19.0. The van der Waals surface area contributed by atoms with E-state index in [0.29, 0.717) is 0 Å². The second-order valence-electron chi connectivity index (χ2n) is 15.5. The van der Waals surface area contributed by atoms with E-state index < -0.39 is 5.41 Å². The first kappa shape index (κ1) is 30.4. The van der Waals surface area contributed by atoms with Crippen molar-refractivity contribution in [3.8, 4) is 33.4 Å². The van der Waals surface area contributed by atoms with E-state index in [0.717, 1.165) is 18.5 Å². The predicted octanol–water partition coefficient (Wildman–Crippen LogP) is 13.6. The van der Waals surface area contributed by atoms with Gasteiger partial charge in [0.2, 0.25) is 0 Å². The fraction of sp³-hybridized carbons (Fsp3) is 0.115. The summed E-state index contributed by atoms with van der Waals surface area (Å²) in [5.41, 5.74) is 22.0. The summed E-state index contributed by atoms with van der Waals surface area (Å²) in [7, 11) is 0. The SMILES string of the molecule is CC1(C)C2=C(CCC=C2)c2ccc(N(c3ccc4c(c3)C3(c5ccccc5-c5ccccc53)c3ccccc3-4)c3ccccc3-c3ccccc3)cc21. The molecule has 252 valence electrons. The van der Waals surface area contributed by atoms with Gasteiger partial charge >= 0.3 is 0 Å². The molecule has 0 bridgehead atoms. The van der Waals surface area contributed by atoms with Crippen molar-refractivity contribution in [2.75, 3.05) is 4.90 Å². The second kappa shape index (κ2) is 11.2. The number of benzene rings is 7. The van der Waals surface area contributed by atoms with Crippen LogP contribution in [0.4, 0.5) is 17.1 Å². The largest absolute Gasteiger partial charge is 0.310 e. The summed E-state index contributed by atoms with van der Waals surface area (Å²) >= 11 is 0. The average Bonchev–Trinajstić information content (AvgIpc) is 3.77. The molecule has 0 aliphatic heterocycles. The maximum absolute atomic E-state index is 2.52. The minimum Gasteiger partial charge on any atom is -0.310 e. The minimum absolute atomic E-state index is 0.0663. The molecule has 0 fully saturated rings. The quantitative estimate of drug-likeness (QED) is 0.179. The Balaban J connectivity index is 1.19. The maximum atomic E-state index is 2.52. The van der Waals surface area contributed by atoms with Gasteiger partial charge in [0.15, 0.2) is 0 Å². The van der Waals surface area contributed by atoms with Gasteiger partial charge < -0.3 is 4.90 Å². The molecule has 1 spiro atoms. The highest BCUT2D eigenvalue weighted by Crippen LogP contribution is 2.63. The Hall–Kier alpha value is -6.18. The molecule has 1 nitrogen and oxygen atoms in total. The van der Waals surface area contributed by atoms with Crippen molar-refractivity contribution in [2.24, 2.45) is 0 Å². The zero-order valence-corrected chi connectivity index (χ0v) is 30.1. The number of rotatable bonds is 4. The Kier molecular flexibility index (Phi) is 6.41. The first-order chi connectivity index (χ1) is 26.1.